The highest BCUT2D eigenvalue weighted by atomic mass is 16.4. The van der Waals surface area contributed by atoms with Crippen molar-refractivity contribution in [2.45, 2.75) is 44.6 Å². The molecule has 7 nitrogen and oxygen atoms in total. The van der Waals surface area contributed by atoms with E-state index in [1.807, 2.05) is 35.2 Å². The fraction of sp³-hybridized carbons (Fsp3) is 0.591. The highest BCUT2D eigenvalue weighted by molar-refractivity contribution is 5.81. The smallest absolute Gasteiger partial charge is 0.317 e. The summed E-state index contributed by atoms with van der Waals surface area (Å²) in [5.74, 6) is -0.595. The first-order valence-corrected chi connectivity index (χ1v) is 10.6. The first-order valence-electron chi connectivity index (χ1n) is 10.6. The van der Waals surface area contributed by atoms with E-state index >= 15 is 0 Å². The Morgan fingerprint density at radius 2 is 1.90 bits per heavy atom. The first-order chi connectivity index (χ1) is 14.0. The van der Waals surface area contributed by atoms with Crippen LogP contribution in [0, 0.1) is 11.3 Å². The number of carboxylic acids is 1. The van der Waals surface area contributed by atoms with E-state index in [0.29, 0.717) is 39.0 Å². The molecule has 29 heavy (non-hydrogen) atoms. The van der Waals surface area contributed by atoms with Crippen molar-refractivity contribution < 1.29 is 19.5 Å². The van der Waals surface area contributed by atoms with Crippen molar-refractivity contribution in [3.05, 3.63) is 35.9 Å². The van der Waals surface area contributed by atoms with Crippen molar-refractivity contribution in [1.82, 2.24) is 15.1 Å². The van der Waals surface area contributed by atoms with Gasteiger partial charge in [0.1, 0.15) is 0 Å². The summed E-state index contributed by atoms with van der Waals surface area (Å²) in [7, 11) is 0. The third kappa shape index (κ3) is 3.95. The van der Waals surface area contributed by atoms with Gasteiger partial charge in [0.2, 0.25) is 5.91 Å². The second-order valence-electron chi connectivity index (χ2n) is 8.69. The van der Waals surface area contributed by atoms with Gasteiger partial charge in [-0.25, -0.2) is 4.79 Å². The number of benzene rings is 1. The molecule has 0 spiro atoms. The zero-order valence-corrected chi connectivity index (χ0v) is 16.7. The van der Waals surface area contributed by atoms with Crippen molar-refractivity contribution in [1.29, 1.82) is 0 Å². The minimum absolute atomic E-state index is 0.0605. The molecule has 3 aliphatic rings. The van der Waals surface area contributed by atoms with Gasteiger partial charge in [-0.05, 0) is 37.2 Å². The Hall–Kier alpha value is -2.57. The maximum absolute atomic E-state index is 12.7. The lowest BCUT2D eigenvalue weighted by Crippen LogP contribution is -2.46. The summed E-state index contributed by atoms with van der Waals surface area (Å²) in [6, 6.07) is 9.70. The molecule has 3 amide bonds. The number of carbonyl (C=O) groups excluding carboxylic acids is 2. The van der Waals surface area contributed by atoms with Gasteiger partial charge in [-0.15, -0.1) is 0 Å². The minimum atomic E-state index is -0.772. The number of hydrogen-bond acceptors (Lipinski definition) is 3. The molecule has 3 fully saturated rings. The van der Waals surface area contributed by atoms with E-state index in [1.165, 1.54) is 0 Å². The molecule has 1 aliphatic carbocycles. The van der Waals surface area contributed by atoms with E-state index in [2.05, 4.69) is 5.32 Å². The van der Waals surface area contributed by atoms with E-state index in [-0.39, 0.29) is 23.9 Å². The lowest BCUT2D eigenvalue weighted by molar-refractivity contribution is -0.149. The molecule has 1 aromatic rings. The van der Waals surface area contributed by atoms with Gasteiger partial charge in [0.05, 0.1) is 5.41 Å². The van der Waals surface area contributed by atoms with E-state index in [4.69, 9.17) is 0 Å². The number of amides is 3. The van der Waals surface area contributed by atoms with Crippen molar-refractivity contribution in [2.75, 3.05) is 26.2 Å². The number of likely N-dealkylation sites (tertiary alicyclic amines) is 2. The van der Waals surface area contributed by atoms with Crippen LogP contribution in [0.25, 0.3) is 0 Å². The maximum Gasteiger partial charge on any atom is 0.317 e. The van der Waals surface area contributed by atoms with Crippen LogP contribution < -0.4 is 5.32 Å². The third-order valence-corrected chi connectivity index (χ3v) is 6.92. The summed E-state index contributed by atoms with van der Waals surface area (Å²) in [6.07, 6.45) is 4.39. The van der Waals surface area contributed by atoms with Crippen molar-refractivity contribution in [3.8, 4) is 0 Å². The Bertz CT molecular complexity index is 784. The van der Waals surface area contributed by atoms with Crippen LogP contribution in [0.1, 0.15) is 37.7 Å². The number of rotatable bonds is 5. The lowest BCUT2D eigenvalue weighted by atomic mass is 9.81. The summed E-state index contributed by atoms with van der Waals surface area (Å²) in [5, 5.41) is 12.7. The van der Waals surface area contributed by atoms with E-state index in [0.717, 1.165) is 31.2 Å². The number of hydrogen-bond donors (Lipinski definition) is 2. The number of carbonyl (C=O) groups is 3. The van der Waals surface area contributed by atoms with Crippen LogP contribution in [0.5, 0.6) is 0 Å². The molecule has 0 radical (unpaired) electrons. The Labute approximate surface area is 171 Å². The van der Waals surface area contributed by atoms with Crippen LogP contribution in [0.4, 0.5) is 4.79 Å². The van der Waals surface area contributed by atoms with Crippen LogP contribution in [0.15, 0.2) is 30.3 Å². The summed E-state index contributed by atoms with van der Waals surface area (Å²) in [5.41, 5.74) is 0.392. The second-order valence-corrected chi connectivity index (χ2v) is 8.69. The van der Waals surface area contributed by atoms with E-state index < -0.39 is 11.4 Å². The zero-order chi connectivity index (χ0) is 20.4. The monoisotopic (exact) mass is 399 g/mol. The Morgan fingerprint density at radius 1 is 1.10 bits per heavy atom. The van der Waals surface area contributed by atoms with Gasteiger partial charge in [-0.1, -0.05) is 36.8 Å². The molecule has 4 rings (SSSR count). The number of nitrogens with one attached hydrogen (secondary N) is 1. The molecular weight excluding hydrogens is 370 g/mol. The van der Waals surface area contributed by atoms with Gasteiger partial charge in [0.15, 0.2) is 0 Å². The minimum Gasteiger partial charge on any atom is -0.481 e. The molecule has 1 unspecified atom stereocenters. The average Bonchev–Trinajstić information content (AvgIpc) is 3.41. The molecule has 0 bridgehead atoms. The summed E-state index contributed by atoms with van der Waals surface area (Å²) in [6.45, 7) is 2.00. The highest BCUT2D eigenvalue weighted by Gasteiger charge is 2.56. The standard InChI is InChI=1S/C22H29N3O4/c26-19(9-8-16-5-2-1-3-6-16)24-12-10-18(14-24)23-21(29)25-13-17-7-4-11-22(17,15-25)20(27)28/h1-3,5-6,17-18H,4,7-15H2,(H,23,29)(H,27,28)/t17-,18?,22+/m0/s1. The van der Waals surface area contributed by atoms with E-state index in [9.17, 15) is 19.5 Å². The number of carboxylic acid groups (broad SMARTS) is 1. The van der Waals surface area contributed by atoms with Crippen molar-refractivity contribution >= 4 is 17.9 Å². The Kier molecular flexibility index (Phi) is 5.48. The summed E-state index contributed by atoms with van der Waals surface area (Å²) < 4.78 is 0. The summed E-state index contributed by atoms with van der Waals surface area (Å²) >= 11 is 0. The molecule has 2 heterocycles. The maximum atomic E-state index is 12.7. The Morgan fingerprint density at radius 3 is 2.62 bits per heavy atom. The molecule has 2 saturated heterocycles. The topological polar surface area (TPSA) is 90.0 Å². The van der Waals surface area contributed by atoms with Gasteiger partial charge in [-0.2, -0.15) is 0 Å². The van der Waals surface area contributed by atoms with Crippen LogP contribution in [0.2, 0.25) is 0 Å². The number of urea groups is 1. The fourth-order valence-electron chi connectivity index (χ4n) is 5.22. The molecule has 1 saturated carbocycles. The van der Waals surface area contributed by atoms with E-state index in [1.54, 1.807) is 4.90 Å². The fourth-order valence-corrected chi connectivity index (χ4v) is 5.22. The number of nitrogens with zero attached hydrogens (tertiary/aromatic N) is 2. The van der Waals surface area contributed by atoms with Crippen LogP contribution in [0.3, 0.4) is 0 Å². The number of fused-ring (bicyclic) bond motifs is 1. The summed E-state index contributed by atoms with van der Waals surface area (Å²) in [4.78, 5) is 40.5. The zero-order valence-electron chi connectivity index (χ0n) is 16.7. The van der Waals surface area contributed by atoms with Gasteiger partial charge in [-0.3, -0.25) is 9.59 Å². The molecule has 2 N–H and O–H groups in total. The SMILES string of the molecule is O=C(CCc1ccccc1)N1CCC(NC(=O)N2C[C@@H]3CCC[C@@]3(C(=O)O)C2)C1. The molecule has 1 aromatic carbocycles. The van der Waals surface area contributed by atoms with Crippen molar-refractivity contribution in [3.63, 3.8) is 0 Å². The molecule has 156 valence electrons. The molecule has 3 atom stereocenters. The normalized spacial score (nSPS) is 28.4. The van der Waals surface area contributed by atoms with Gasteiger partial charge >= 0.3 is 12.0 Å². The van der Waals surface area contributed by atoms with Gasteiger partial charge < -0.3 is 20.2 Å². The highest BCUT2D eigenvalue weighted by Crippen LogP contribution is 2.48. The molecular formula is C22H29N3O4. The predicted octanol–water partition coefficient (Wildman–Crippen LogP) is 2.12. The number of aryl methyl sites for hydroxylation is 1. The molecule has 0 aromatic heterocycles. The molecule has 2 aliphatic heterocycles. The quantitative estimate of drug-likeness (QED) is 0.794. The molecule has 7 heteroatoms. The second kappa shape index (κ2) is 8.05. The third-order valence-electron chi connectivity index (χ3n) is 6.92. The van der Waals surface area contributed by atoms with Gasteiger partial charge in [0, 0.05) is 38.6 Å². The average molecular weight is 399 g/mol. The Balaban J connectivity index is 1.25. The predicted molar refractivity (Wildman–Crippen MR) is 107 cm³/mol. The van der Waals surface area contributed by atoms with Crippen molar-refractivity contribution in [2.24, 2.45) is 11.3 Å². The number of aliphatic carboxylic acids is 1. The lowest BCUT2D eigenvalue weighted by Gasteiger charge is -2.24. The largest absolute Gasteiger partial charge is 0.481 e. The van der Waals surface area contributed by atoms with Gasteiger partial charge in [0.25, 0.3) is 0 Å². The van der Waals surface area contributed by atoms with Crippen LogP contribution in [-0.2, 0) is 16.0 Å². The first kappa shape index (κ1) is 19.7. The van der Waals surface area contributed by atoms with Crippen LogP contribution >= 0.6 is 0 Å². The van der Waals surface area contributed by atoms with Crippen LogP contribution in [-0.4, -0.2) is 65.0 Å².